The molecule has 2 unspecified atom stereocenters. The lowest BCUT2D eigenvalue weighted by molar-refractivity contribution is -0.211. The maximum Gasteiger partial charge on any atom is 0.335 e. The summed E-state index contributed by atoms with van der Waals surface area (Å²) < 4.78 is 32.0. The van der Waals surface area contributed by atoms with Gasteiger partial charge >= 0.3 is 5.97 Å². The lowest BCUT2D eigenvalue weighted by Crippen LogP contribution is -2.60. The summed E-state index contributed by atoms with van der Waals surface area (Å²) in [7, 11) is 0. The van der Waals surface area contributed by atoms with Crippen LogP contribution in [0.3, 0.4) is 0 Å². The van der Waals surface area contributed by atoms with Crippen molar-refractivity contribution in [3.05, 3.63) is 29.6 Å². The first kappa shape index (κ1) is 19.7. The van der Waals surface area contributed by atoms with Crippen LogP contribution in [0, 0.1) is 18.2 Å². The Morgan fingerprint density at radius 2 is 2.04 bits per heavy atom. The summed E-state index contributed by atoms with van der Waals surface area (Å²) in [5.74, 6) is -1.28. The second-order valence-corrected chi connectivity index (χ2v) is 9.97. The predicted octanol–water partition coefficient (Wildman–Crippen LogP) is 2.26. The van der Waals surface area contributed by atoms with Gasteiger partial charge in [0.25, 0.3) is 0 Å². The summed E-state index contributed by atoms with van der Waals surface area (Å²) in [5.41, 5.74) is -1.32. The second kappa shape index (κ2) is 7.00. The fourth-order valence-corrected chi connectivity index (χ4v) is 6.12. The van der Waals surface area contributed by atoms with E-state index in [0.717, 1.165) is 0 Å². The number of carbonyl (C=O) groups excluding carboxylic acids is 1. The highest BCUT2D eigenvalue weighted by atomic mass is 32.2. The van der Waals surface area contributed by atoms with Crippen molar-refractivity contribution in [2.45, 2.75) is 54.8 Å². The van der Waals surface area contributed by atoms with Crippen molar-refractivity contribution in [1.82, 2.24) is 4.90 Å². The molecule has 5 rings (SSSR count). The number of fused-ring (bicyclic) bond motifs is 3. The second-order valence-electron chi connectivity index (χ2n) is 8.24. The van der Waals surface area contributed by atoms with Gasteiger partial charge < -0.3 is 19.3 Å². The van der Waals surface area contributed by atoms with E-state index in [1.165, 1.54) is 6.07 Å². The minimum Gasteiger partial charge on any atom is -0.611 e. The van der Waals surface area contributed by atoms with Crippen molar-refractivity contribution in [3.8, 4) is 0 Å². The minimum absolute atomic E-state index is 0.0130. The molecule has 1 amide bonds. The van der Waals surface area contributed by atoms with Gasteiger partial charge in [-0.25, -0.2) is 9.18 Å². The molecule has 1 saturated carbocycles. The van der Waals surface area contributed by atoms with Crippen LogP contribution in [0.25, 0.3) is 0 Å². The van der Waals surface area contributed by atoms with Gasteiger partial charge in [0.1, 0.15) is 11.1 Å². The van der Waals surface area contributed by atoms with Crippen LogP contribution in [0.1, 0.15) is 37.7 Å². The maximum absolute atomic E-state index is 13.5. The molecule has 1 aromatic carbocycles. The summed E-state index contributed by atoms with van der Waals surface area (Å²) in [5, 5.41) is 9.23. The van der Waals surface area contributed by atoms with Crippen LogP contribution in [0.4, 0.5) is 4.39 Å². The summed E-state index contributed by atoms with van der Waals surface area (Å²) in [6.45, 7) is 2.71. The highest BCUT2D eigenvalue weighted by Gasteiger charge is 2.58. The molecule has 3 aliphatic heterocycles. The molecular weight excluding hydrogens is 385 g/mol. The lowest BCUT2D eigenvalue weighted by Gasteiger charge is -2.50. The van der Waals surface area contributed by atoms with E-state index in [4.69, 9.17) is 4.74 Å². The molecule has 152 valence electrons. The van der Waals surface area contributed by atoms with Crippen molar-refractivity contribution in [1.29, 1.82) is 0 Å². The van der Waals surface area contributed by atoms with Crippen LogP contribution >= 0.6 is 0 Å². The number of likely N-dealkylation sites (tertiary alicyclic amines) is 1. The summed E-state index contributed by atoms with van der Waals surface area (Å²) in [6.07, 6.45) is 2.36. The van der Waals surface area contributed by atoms with Gasteiger partial charge in [0.2, 0.25) is 5.91 Å². The molecule has 2 bridgehead atoms. The zero-order valence-electron chi connectivity index (χ0n) is 15.8. The zero-order valence-corrected chi connectivity index (χ0v) is 16.6. The highest BCUT2D eigenvalue weighted by Crippen LogP contribution is 2.50. The number of carboxylic acid groups (broad SMARTS) is 1. The van der Waals surface area contributed by atoms with Gasteiger partial charge in [0.05, 0.1) is 18.6 Å². The van der Waals surface area contributed by atoms with Crippen LogP contribution in [-0.4, -0.2) is 57.0 Å². The monoisotopic (exact) mass is 409 g/mol. The minimum atomic E-state index is -1.31. The number of aliphatic carboxylic acids is 1. The number of aryl methyl sites for hydroxylation is 1. The van der Waals surface area contributed by atoms with E-state index in [2.05, 4.69) is 0 Å². The lowest BCUT2D eigenvalue weighted by atomic mass is 9.65. The van der Waals surface area contributed by atoms with Crippen LogP contribution in [0.2, 0.25) is 0 Å². The van der Waals surface area contributed by atoms with E-state index in [-0.39, 0.29) is 23.6 Å². The van der Waals surface area contributed by atoms with E-state index in [1.54, 1.807) is 24.0 Å². The van der Waals surface area contributed by atoms with Gasteiger partial charge in [-0.1, -0.05) is 0 Å². The Hall–Kier alpha value is -1.64. The van der Waals surface area contributed by atoms with Crippen molar-refractivity contribution >= 4 is 23.1 Å². The smallest absolute Gasteiger partial charge is 0.335 e. The molecule has 3 heterocycles. The number of halogens is 1. The van der Waals surface area contributed by atoms with Gasteiger partial charge in [-0.2, -0.15) is 0 Å². The third kappa shape index (κ3) is 3.11. The average molecular weight is 409 g/mol. The summed E-state index contributed by atoms with van der Waals surface area (Å²) >= 11 is -1.31. The first-order valence-corrected chi connectivity index (χ1v) is 10.8. The van der Waals surface area contributed by atoms with Gasteiger partial charge in [-0.15, -0.1) is 0 Å². The van der Waals surface area contributed by atoms with Crippen LogP contribution in [-0.2, 0) is 25.5 Å². The van der Waals surface area contributed by atoms with Crippen molar-refractivity contribution < 1.29 is 28.4 Å². The molecule has 28 heavy (non-hydrogen) atoms. The number of carboxylic acids is 1. The Bertz CT molecular complexity index is 791. The van der Waals surface area contributed by atoms with E-state index in [9.17, 15) is 23.6 Å². The molecule has 0 spiro atoms. The Balaban J connectivity index is 1.42. The zero-order chi connectivity index (χ0) is 20.1. The Labute approximate surface area is 166 Å². The molecular formula is C20H24FNO5S. The number of hydrogen-bond acceptors (Lipinski definition) is 4. The van der Waals surface area contributed by atoms with E-state index >= 15 is 0 Å². The third-order valence-electron chi connectivity index (χ3n) is 6.58. The Morgan fingerprint density at radius 3 is 2.61 bits per heavy atom. The predicted molar refractivity (Wildman–Crippen MR) is 99.8 cm³/mol. The molecule has 1 aliphatic carbocycles. The molecule has 0 aromatic heterocycles. The van der Waals surface area contributed by atoms with Crippen molar-refractivity contribution in [3.63, 3.8) is 0 Å². The quantitative estimate of drug-likeness (QED) is 0.771. The molecule has 8 heteroatoms. The normalized spacial score (nSPS) is 33.1. The fourth-order valence-electron chi connectivity index (χ4n) is 4.61. The molecule has 4 aliphatic rings. The Kier molecular flexibility index (Phi) is 4.92. The molecule has 1 N–H and O–H groups in total. The topological polar surface area (TPSA) is 89.9 Å². The van der Waals surface area contributed by atoms with Crippen molar-refractivity contribution in [2.24, 2.45) is 5.41 Å². The SMILES string of the molecule is Cc1cc([S+]([O-])C2CCN(C(=O)C34CCC(C(=O)O)(CC3)OC4)C2)ccc1F. The van der Waals surface area contributed by atoms with E-state index in [1.807, 2.05) is 0 Å². The third-order valence-corrected chi connectivity index (χ3v) is 8.29. The van der Waals surface area contributed by atoms with Crippen LogP contribution in [0.15, 0.2) is 23.1 Å². The number of ether oxygens (including phenoxy) is 1. The van der Waals surface area contributed by atoms with Crippen LogP contribution < -0.4 is 0 Å². The number of amides is 1. The number of nitrogens with zero attached hydrogens (tertiary/aromatic N) is 1. The standard InChI is InChI=1S/C20H24FNO5S/c1-13-10-14(2-3-16(13)21)28(26)15-4-9-22(11-15)17(23)19-5-7-20(8-6-19,18(24)25)27-12-19/h2-3,10,15H,4-9,11-12H2,1H3,(H,24,25). The molecule has 6 nitrogen and oxygen atoms in total. The number of carbonyl (C=O) groups is 2. The molecule has 2 atom stereocenters. The first-order valence-electron chi connectivity index (χ1n) is 9.60. The van der Waals surface area contributed by atoms with Crippen LogP contribution in [0.5, 0.6) is 0 Å². The summed E-state index contributed by atoms with van der Waals surface area (Å²) in [6, 6.07) is 4.48. The maximum atomic E-state index is 13.5. The number of benzene rings is 1. The Morgan fingerprint density at radius 1 is 1.32 bits per heavy atom. The van der Waals surface area contributed by atoms with Gasteiger partial charge in [-0.05, 0) is 67.5 Å². The van der Waals surface area contributed by atoms with E-state index in [0.29, 0.717) is 55.7 Å². The largest absolute Gasteiger partial charge is 0.611 e. The van der Waals surface area contributed by atoms with Gasteiger partial charge in [0, 0.05) is 13.0 Å². The van der Waals surface area contributed by atoms with E-state index < -0.39 is 28.2 Å². The van der Waals surface area contributed by atoms with Crippen molar-refractivity contribution in [2.75, 3.05) is 19.7 Å². The molecule has 4 fully saturated rings. The first-order chi connectivity index (χ1) is 13.3. The summed E-state index contributed by atoms with van der Waals surface area (Å²) in [4.78, 5) is 27.0. The highest BCUT2D eigenvalue weighted by molar-refractivity contribution is 7.92. The number of rotatable bonds is 4. The molecule has 1 aromatic rings. The van der Waals surface area contributed by atoms with Gasteiger partial charge in [-0.3, -0.25) is 4.79 Å². The van der Waals surface area contributed by atoms with Gasteiger partial charge in [0.15, 0.2) is 10.5 Å². The molecule has 0 radical (unpaired) electrons. The fraction of sp³-hybridized carbons (Fsp3) is 0.600. The average Bonchev–Trinajstić information content (AvgIpc) is 3.20. The number of hydrogen-bond donors (Lipinski definition) is 1. The molecule has 3 saturated heterocycles.